The fourth-order valence-electron chi connectivity index (χ4n) is 3.34. The first-order valence-electron chi connectivity index (χ1n) is 9.03. The molecule has 0 radical (unpaired) electrons. The molecule has 0 aromatic heterocycles. The minimum atomic E-state index is -0.0641. The van der Waals surface area contributed by atoms with Crippen LogP contribution in [0.2, 0.25) is 0 Å². The van der Waals surface area contributed by atoms with E-state index in [1.807, 2.05) is 60.4 Å². The number of carbonyl (C=O) groups is 2. The predicted octanol–water partition coefficient (Wildman–Crippen LogP) is 4.51. The number of carbonyl (C=O) groups excluding carboxylic acids is 2. The Labute approximate surface area is 158 Å². The Bertz CT molecular complexity index is 830. The van der Waals surface area contributed by atoms with Gasteiger partial charge in [-0.2, -0.15) is 0 Å². The highest BCUT2D eigenvalue weighted by Crippen LogP contribution is 2.42. The van der Waals surface area contributed by atoms with E-state index in [4.69, 9.17) is 0 Å². The molecule has 1 saturated heterocycles. The van der Waals surface area contributed by atoms with Crippen molar-refractivity contribution in [2.24, 2.45) is 5.92 Å². The second-order valence-electron chi connectivity index (χ2n) is 7.01. The summed E-state index contributed by atoms with van der Waals surface area (Å²) in [5.41, 5.74) is 3.93. The van der Waals surface area contributed by atoms with Crippen LogP contribution >= 0.6 is 11.8 Å². The Hall–Kier alpha value is -2.27. The third-order valence-corrected chi connectivity index (χ3v) is 6.31. The van der Waals surface area contributed by atoms with E-state index >= 15 is 0 Å². The number of nitrogens with one attached hydrogen (secondary N) is 1. The third kappa shape index (κ3) is 3.36. The van der Waals surface area contributed by atoms with Crippen LogP contribution in [-0.4, -0.2) is 17.6 Å². The molecule has 5 heteroatoms. The van der Waals surface area contributed by atoms with Crippen molar-refractivity contribution >= 4 is 35.0 Å². The van der Waals surface area contributed by atoms with Crippen molar-refractivity contribution in [3.63, 3.8) is 0 Å². The zero-order valence-corrected chi connectivity index (χ0v) is 15.6. The lowest BCUT2D eigenvalue weighted by molar-refractivity contribution is -0.122. The fourth-order valence-corrected chi connectivity index (χ4v) is 4.51. The molecule has 4 rings (SSSR count). The minimum Gasteiger partial charge on any atom is -0.326 e. The van der Waals surface area contributed by atoms with Crippen molar-refractivity contribution in [1.82, 2.24) is 0 Å². The van der Waals surface area contributed by atoms with Gasteiger partial charge in [-0.05, 0) is 49.6 Å². The summed E-state index contributed by atoms with van der Waals surface area (Å²) in [6, 6.07) is 15.9. The predicted molar refractivity (Wildman–Crippen MR) is 106 cm³/mol. The third-order valence-electron chi connectivity index (χ3n) is 5.10. The average Bonchev–Trinajstić information content (AvgIpc) is 2.96. The summed E-state index contributed by atoms with van der Waals surface area (Å²) in [6.45, 7) is 2.04. The Morgan fingerprint density at radius 3 is 2.62 bits per heavy atom. The number of amides is 2. The first kappa shape index (κ1) is 17.2. The fraction of sp³-hybridized carbons (Fsp3) is 0.333. The maximum Gasteiger partial charge on any atom is 0.238 e. The standard InChI is InChI=1S/C21H22N2O2S/c1-14-8-10-18(11-9-14)23-19(24)13-26-21(23)16-6-3-7-17(12-16)22-20(25)15-4-2-5-15/h3,6-12,15,21H,2,4-5,13H2,1H3,(H,22,25)/t21-/m1/s1. The summed E-state index contributed by atoms with van der Waals surface area (Å²) in [5.74, 6) is 0.855. The zero-order valence-electron chi connectivity index (χ0n) is 14.8. The molecule has 2 aromatic carbocycles. The van der Waals surface area contributed by atoms with E-state index < -0.39 is 0 Å². The Balaban J connectivity index is 1.57. The van der Waals surface area contributed by atoms with Crippen LogP contribution in [0.5, 0.6) is 0 Å². The highest BCUT2D eigenvalue weighted by atomic mass is 32.2. The number of rotatable bonds is 4. The molecule has 0 bridgehead atoms. The van der Waals surface area contributed by atoms with E-state index in [9.17, 15) is 9.59 Å². The van der Waals surface area contributed by atoms with Gasteiger partial charge in [0, 0.05) is 17.3 Å². The molecule has 134 valence electrons. The molecule has 4 nitrogen and oxygen atoms in total. The van der Waals surface area contributed by atoms with Crippen molar-refractivity contribution in [2.75, 3.05) is 16.0 Å². The second kappa shape index (κ2) is 7.16. The summed E-state index contributed by atoms with van der Waals surface area (Å²) >= 11 is 1.62. The van der Waals surface area contributed by atoms with E-state index in [2.05, 4.69) is 5.32 Å². The van der Waals surface area contributed by atoms with Gasteiger partial charge in [-0.1, -0.05) is 36.2 Å². The highest BCUT2D eigenvalue weighted by Gasteiger charge is 2.34. The Morgan fingerprint density at radius 1 is 1.15 bits per heavy atom. The van der Waals surface area contributed by atoms with Crippen LogP contribution in [0.1, 0.15) is 35.8 Å². The van der Waals surface area contributed by atoms with Crippen LogP contribution in [0, 0.1) is 12.8 Å². The van der Waals surface area contributed by atoms with Crippen LogP contribution in [-0.2, 0) is 9.59 Å². The van der Waals surface area contributed by atoms with Crippen molar-refractivity contribution in [2.45, 2.75) is 31.6 Å². The lowest BCUT2D eigenvalue weighted by Crippen LogP contribution is -2.29. The monoisotopic (exact) mass is 366 g/mol. The smallest absolute Gasteiger partial charge is 0.238 e. The van der Waals surface area contributed by atoms with Crippen LogP contribution in [0.15, 0.2) is 48.5 Å². The van der Waals surface area contributed by atoms with E-state index in [-0.39, 0.29) is 23.1 Å². The molecule has 2 amide bonds. The van der Waals surface area contributed by atoms with Gasteiger partial charge >= 0.3 is 0 Å². The number of aryl methyl sites for hydroxylation is 1. The average molecular weight is 366 g/mol. The van der Waals surface area contributed by atoms with Crippen LogP contribution in [0.25, 0.3) is 0 Å². The summed E-state index contributed by atoms with van der Waals surface area (Å²) in [6.07, 6.45) is 3.11. The molecule has 26 heavy (non-hydrogen) atoms. The van der Waals surface area contributed by atoms with Gasteiger partial charge in [-0.3, -0.25) is 14.5 Å². The van der Waals surface area contributed by atoms with Crippen LogP contribution in [0.4, 0.5) is 11.4 Å². The summed E-state index contributed by atoms with van der Waals surface area (Å²) in [5, 5.41) is 2.97. The van der Waals surface area contributed by atoms with Crippen molar-refractivity contribution < 1.29 is 9.59 Å². The molecule has 0 unspecified atom stereocenters. The SMILES string of the molecule is Cc1ccc(N2C(=O)CS[C@@H]2c2cccc(NC(=O)C3CCC3)c2)cc1. The number of anilines is 2. The molecular weight excluding hydrogens is 344 g/mol. The van der Waals surface area contributed by atoms with Gasteiger partial charge in [0.05, 0.1) is 5.75 Å². The summed E-state index contributed by atoms with van der Waals surface area (Å²) in [7, 11) is 0. The van der Waals surface area contributed by atoms with Gasteiger partial charge in [0.25, 0.3) is 0 Å². The Kier molecular flexibility index (Phi) is 4.72. The van der Waals surface area contributed by atoms with Crippen LogP contribution in [0.3, 0.4) is 0 Å². The van der Waals surface area contributed by atoms with Gasteiger partial charge in [0.2, 0.25) is 11.8 Å². The lowest BCUT2D eigenvalue weighted by atomic mass is 9.85. The number of thioether (sulfide) groups is 1. The molecule has 1 atom stereocenters. The second-order valence-corrected chi connectivity index (χ2v) is 8.07. The molecule has 1 saturated carbocycles. The van der Waals surface area contributed by atoms with E-state index in [0.717, 1.165) is 36.2 Å². The van der Waals surface area contributed by atoms with Crippen molar-refractivity contribution in [3.8, 4) is 0 Å². The molecule has 2 aliphatic rings. The van der Waals surface area contributed by atoms with E-state index in [1.54, 1.807) is 11.8 Å². The number of hydrogen-bond donors (Lipinski definition) is 1. The molecule has 2 aromatic rings. The van der Waals surface area contributed by atoms with Gasteiger partial charge in [-0.25, -0.2) is 0 Å². The number of hydrogen-bond acceptors (Lipinski definition) is 3. The van der Waals surface area contributed by atoms with Gasteiger partial charge in [0.15, 0.2) is 0 Å². The van der Waals surface area contributed by atoms with E-state index in [0.29, 0.717) is 5.75 Å². The van der Waals surface area contributed by atoms with E-state index in [1.165, 1.54) is 5.56 Å². The molecule has 1 aliphatic heterocycles. The maximum absolute atomic E-state index is 12.5. The zero-order chi connectivity index (χ0) is 18.1. The minimum absolute atomic E-state index is 0.0641. The van der Waals surface area contributed by atoms with Gasteiger partial charge in [0.1, 0.15) is 5.37 Å². The molecule has 0 spiro atoms. The Morgan fingerprint density at radius 2 is 1.92 bits per heavy atom. The maximum atomic E-state index is 12.5. The normalized spacial score (nSPS) is 20.1. The summed E-state index contributed by atoms with van der Waals surface area (Å²) in [4.78, 5) is 26.6. The molecule has 1 aliphatic carbocycles. The molecular formula is C21H22N2O2S. The number of nitrogens with zero attached hydrogens (tertiary/aromatic N) is 1. The molecule has 1 N–H and O–H groups in total. The molecule has 1 heterocycles. The summed E-state index contributed by atoms with van der Waals surface area (Å²) < 4.78 is 0. The highest BCUT2D eigenvalue weighted by molar-refractivity contribution is 8.00. The van der Waals surface area contributed by atoms with Gasteiger partial charge in [-0.15, -0.1) is 11.8 Å². The first-order chi connectivity index (χ1) is 12.6. The molecule has 2 fully saturated rings. The largest absolute Gasteiger partial charge is 0.326 e. The lowest BCUT2D eigenvalue weighted by Gasteiger charge is -2.26. The van der Waals surface area contributed by atoms with Crippen molar-refractivity contribution in [3.05, 3.63) is 59.7 Å². The first-order valence-corrected chi connectivity index (χ1v) is 10.1. The number of benzene rings is 2. The quantitative estimate of drug-likeness (QED) is 0.866. The topological polar surface area (TPSA) is 49.4 Å². The van der Waals surface area contributed by atoms with Gasteiger partial charge < -0.3 is 5.32 Å². The van der Waals surface area contributed by atoms with Crippen LogP contribution < -0.4 is 10.2 Å². The van der Waals surface area contributed by atoms with Crippen molar-refractivity contribution in [1.29, 1.82) is 0 Å².